The van der Waals surface area contributed by atoms with Gasteiger partial charge in [-0.25, -0.2) is 4.98 Å². The van der Waals surface area contributed by atoms with Gasteiger partial charge < -0.3 is 14.4 Å². The van der Waals surface area contributed by atoms with E-state index in [0.29, 0.717) is 38.3 Å². The van der Waals surface area contributed by atoms with E-state index in [1.54, 1.807) is 22.0 Å². The summed E-state index contributed by atoms with van der Waals surface area (Å²) in [6, 6.07) is 18.6. The van der Waals surface area contributed by atoms with Gasteiger partial charge in [-0.2, -0.15) is 0 Å². The summed E-state index contributed by atoms with van der Waals surface area (Å²) in [7, 11) is 1.84. The normalized spacial score (nSPS) is 17.0. The number of likely N-dealkylation sites (N-methyl/N-ethyl adjacent to an activating group) is 1. The van der Waals surface area contributed by atoms with Crippen molar-refractivity contribution in [2.24, 2.45) is 13.0 Å². The van der Waals surface area contributed by atoms with Crippen LogP contribution in [0.3, 0.4) is 0 Å². The van der Waals surface area contributed by atoms with Crippen molar-refractivity contribution in [2.75, 3.05) is 26.2 Å². The van der Waals surface area contributed by atoms with E-state index in [4.69, 9.17) is 0 Å². The maximum Gasteiger partial charge on any atom is 0.274 e. The molecule has 6 nitrogen and oxygen atoms in total. The Morgan fingerprint density at radius 1 is 1.03 bits per heavy atom. The molecule has 0 N–H and O–H groups in total. The molecular weight excluding hydrogens is 388 g/mol. The Bertz CT molecular complexity index is 1040. The van der Waals surface area contributed by atoms with Crippen LogP contribution >= 0.6 is 0 Å². The van der Waals surface area contributed by atoms with E-state index < -0.39 is 0 Å². The number of aromatic nitrogens is 2. The molecule has 0 spiro atoms. The zero-order valence-electron chi connectivity index (χ0n) is 18.1. The number of benzene rings is 2. The second-order valence-electron chi connectivity index (χ2n) is 8.06. The third kappa shape index (κ3) is 4.68. The molecule has 3 aromatic rings. The first-order chi connectivity index (χ1) is 15.0. The molecule has 1 fully saturated rings. The van der Waals surface area contributed by atoms with E-state index in [1.165, 1.54) is 5.56 Å². The highest BCUT2D eigenvalue weighted by Gasteiger charge is 2.32. The molecule has 6 heteroatoms. The summed E-state index contributed by atoms with van der Waals surface area (Å²) in [6.07, 6.45) is 3.96. The molecule has 160 valence electrons. The van der Waals surface area contributed by atoms with Crippen LogP contribution in [0.15, 0.2) is 67.1 Å². The van der Waals surface area contributed by atoms with Gasteiger partial charge >= 0.3 is 0 Å². The molecule has 1 aliphatic rings. The number of carbonyl (C=O) groups excluding carboxylic acids is 2. The highest BCUT2D eigenvalue weighted by atomic mass is 16.2. The Hall–Kier alpha value is -3.41. The van der Waals surface area contributed by atoms with Gasteiger partial charge in [0.05, 0.1) is 12.2 Å². The molecule has 0 radical (unpaired) electrons. The quantitative estimate of drug-likeness (QED) is 0.642. The molecule has 0 aliphatic carbocycles. The summed E-state index contributed by atoms with van der Waals surface area (Å²) in [4.78, 5) is 34.0. The molecule has 1 aliphatic heterocycles. The van der Waals surface area contributed by atoms with Crippen LogP contribution in [0.5, 0.6) is 0 Å². The van der Waals surface area contributed by atoms with Crippen molar-refractivity contribution in [1.29, 1.82) is 0 Å². The summed E-state index contributed by atoms with van der Waals surface area (Å²) >= 11 is 0. The standard InChI is InChI=1S/C25H28N4O2/c1-3-28-13-14-29(25(31)23-17-27(2)18-26-23)16-22(24(28)30)15-19-9-11-21(12-10-19)20-7-5-4-6-8-20/h4-12,17-18,22H,3,13-16H2,1-2H3/t22-/m0/s1. The minimum Gasteiger partial charge on any atom is -0.341 e. The molecule has 1 atom stereocenters. The third-order valence-corrected chi connectivity index (χ3v) is 5.88. The first-order valence-corrected chi connectivity index (χ1v) is 10.8. The Morgan fingerprint density at radius 2 is 1.74 bits per heavy atom. The van der Waals surface area contributed by atoms with Gasteiger partial charge in [0.1, 0.15) is 5.69 Å². The van der Waals surface area contributed by atoms with Gasteiger partial charge in [0, 0.05) is 39.4 Å². The average Bonchev–Trinajstić information content (AvgIpc) is 3.17. The zero-order valence-corrected chi connectivity index (χ0v) is 18.1. The third-order valence-electron chi connectivity index (χ3n) is 5.88. The number of nitrogens with zero attached hydrogens (tertiary/aromatic N) is 4. The first-order valence-electron chi connectivity index (χ1n) is 10.8. The summed E-state index contributed by atoms with van der Waals surface area (Å²) in [6.45, 7) is 4.12. The van der Waals surface area contributed by atoms with Crippen LogP contribution in [0.25, 0.3) is 11.1 Å². The molecule has 1 saturated heterocycles. The van der Waals surface area contributed by atoms with Crippen LogP contribution in [0.2, 0.25) is 0 Å². The van der Waals surface area contributed by atoms with Crippen LogP contribution < -0.4 is 0 Å². The van der Waals surface area contributed by atoms with Crippen LogP contribution in [0.4, 0.5) is 0 Å². The number of amides is 2. The Morgan fingerprint density at radius 3 is 2.39 bits per heavy atom. The summed E-state index contributed by atoms with van der Waals surface area (Å²) in [5.74, 6) is -0.264. The summed E-state index contributed by atoms with van der Waals surface area (Å²) in [5, 5.41) is 0. The molecule has 2 amide bonds. The summed E-state index contributed by atoms with van der Waals surface area (Å²) < 4.78 is 1.76. The van der Waals surface area contributed by atoms with Crippen molar-refractivity contribution >= 4 is 11.8 Å². The molecular formula is C25H28N4O2. The second-order valence-corrected chi connectivity index (χ2v) is 8.06. The molecule has 31 heavy (non-hydrogen) atoms. The highest BCUT2D eigenvalue weighted by molar-refractivity contribution is 5.93. The van der Waals surface area contributed by atoms with Gasteiger partial charge in [0.2, 0.25) is 5.91 Å². The number of imidazole rings is 1. The molecule has 0 saturated carbocycles. The van der Waals surface area contributed by atoms with Gasteiger partial charge in [-0.05, 0) is 30.0 Å². The number of rotatable bonds is 5. The maximum absolute atomic E-state index is 13.1. The predicted octanol–water partition coefficient (Wildman–Crippen LogP) is 3.25. The van der Waals surface area contributed by atoms with Gasteiger partial charge in [0.15, 0.2) is 0 Å². The van der Waals surface area contributed by atoms with E-state index in [-0.39, 0.29) is 17.7 Å². The van der Waals surface area contributed by atoms with Crippen LogP contribution in [0.1, 0.15) is 23.0 Å². The van der Waals surface area contributed by atoms with Gasteiger partial charge in [0.25, 0.3) is 5.91 Å². The SMILES string of the molecule is CCN1CCN(C(=O)c2cn(C)cn2)C[C@H](Cc2ccc(-c3ccccc3)cc2)C1=O. The monoisotopic (exact) mass is 416 g/mol. The average molecular weight is 417 g/mol. The van der Waals surface area contributed by atoms with Crippen molar-refractivity contribution in [1.82, 2.24) is 19.4 Å². The fourth-order valence-electron chi connectivity index (χ4n) is 4.13. The van der Waals surface area contributed by atoms with Gasteiger partial charge in [-0.3, -0.25) is 9.59 Å². The number of hydrogen-bond acceptors (Lipinski definition) is 3. The lowest BCUT2D eigenvalue weighted by Gasteiger charge is -2.23. The number of aryl methyl sites for hydroxylation is 1. The van der Waals surface area contributed by atoms with E-state index in [2.05, 4.69) is 41.4 Å². The minimum atomic E-state index is -0.266. The largest absolute Gasteiger partial charge is 0.341 e. The number of hydrogen-bond donors (Lipinski definition) is 0. The molecule has 0 bridgehead atoms. The van der Waals surface area contributed by atoms with Crippen molar-refractivity contribution in [2.45, 2.75) is 13.3 Å². The smallest absolute Gasteiger partial charge is 0.274 e. The van der Waals surface area contributed by atoms with Crippen molar-refractivity contribution in [3.8, 4) is 11.1 Å². The Balaban J connectivity index is 1.52. The van der Waals surface area contributed by atoms with Crippen molar-refractivity contribution in [3.05, 3.63) is 78.4 Å². The summed E-state index contributed by atoms with van der Waals surface area (Å²) in [5.41, 5.74) is 3.84. The first kappa shape index (κ1) is 20.8. The lowest BCUT2D eigenvalue weighted by Crippen LogP contribution is -2.38. The van der Waals surface area contributed by atoms with E-state index in [9.17, 15) is 9.59 Å². The van der Waals surface area contributed by atoms with Crippen LogP contribution in [-0.2, 0) is 18.3 Å². The Kier molecular flexibility index (Phi) is 6.16. The zero-order chi connectivity index (χ0) is 21.8. The topological polar surface area (TPSA) is 58.4 Å². The molecule has 2 aromatic carbocycles. The van der Waals surface area contributed by atoms with E-state index in [1.807, 2.05) is 37.1 Å². The lowest BCUT2D eigenvalue weighted by atomic mass is 9.95. The molecule has 4 rings (SSSR count). The highest BCUT2D eigenvalue weighted by Crippen LogP contribution is 2.22. The number of carbonyl (C=O) groups is 2. The van der Waals surface area contributed by atoms with Gasteiger partial charge in [-0.1, -0.05) is 54.6 Å². The second kappa shape index (κ2) is 9.16. The van der Waals surface area contributed by atoms with Crippen molar-refractivity contribution in [3.63, 3.8) is 0 Å². The minimum absolute atomic E-state index is 0.115. The predicted molar refractivity (Wildman–Crippen MR) is 120 cm³/mol. The molecule has 1 aromatic heterocycles. The molecule has 0 unspecified atom stereocenters. The fourth-order valence-corrected chi connectivity index (χ4v) is 4.13. The lowest BCUT2D eigenvalue weighted by molar-refractivity contribution is -0.134. The van der Waals surface area contributed by atoms with E-state index >= 15 is 0 Å². The van der Waals surface area contributed by atoms with Gasteiger partial charge in [-0.15, -0.1) is 0 Å². The molecule has 2 heterocycles. The van der Waals surface area contributed by atoms with Crippen molar-refractivity contribution < 1.29 is 9.59 Å². The van der Waals surface area contributed by atoms with Crippen LogP contribution in [-0.4, -0.2) is 57.3 Å². The fraction of sp³-hybridized carbons (Fsp3) is 0.320. The Labute approximate surface area is 183 Å². The van der Waals surface area contributed by atoms with Crippen LogP contribution in [0, 0.1) is 5.92 Å². The maximum atomic E-state index is 13.1. The van der Waals surface area contributed by atoms with E-state index in [0.717, 1.165) is 11.1 Å².